The molecule has 0 aliphatic carbocycles. The van der Waals surface area contributed by atoms with E-state index in [0.717, 1.165) is 48.9 Å². The molecular weight excluding hydrogens is 376 g/mol. The monoisotopic (exact) mass is 408 g/mol. The van der Waals surface area contributed by atoms with Crippen LogP contribution in [0.1, 0.15) is 30.9 Å². The fourth-order valence-electron chi connectivity index (χ4n) is 3.48. The van der Waals surface area contributed by atoms with Gasteiger partial charge in [-0.05, 0) is 36.6 Å². The highest BCUT2D eigenvalue weighted by Crippen LogP contribution is 2.15. The van der Waals surface area contributed by atoms with Crippen molar-refractivity contribution in [3.63, 3.8) is 0 Å². The van der Waals surface area contributed by atoms with Gasteiger partial charge >= 0.3 is 0 Å². The first-order valence-corrected chi connectivity index (χ1v) is 10.7. The van der Waals surface area contributed by atoms with Gasteiger partial charge in [-0.3, -0.25) is 4.79 Å². The van der Waals surface area contributed by atoms with Gasteiger partial charge in [0.05, 0.1) is 13.1 Å². The van der Waals surface area contributed by atoms with Crippen LogP contribution in [-0.4, -0.2) is 55.0 Å². The van der Waals surface area contributed by atoms with E-state index in [0.29, 0.717) is 26.1 Å². The average molecular weight is 409 g/mol. The maximum Gasteiger partial charge on any atom is 0.222 e. The van der Waals surface area contributed by atoms with E-state index in [2.05, 4.69) is 35.3 Å². The van der Waals surface area contributed by atoms with Crippen LogP contribution < -0.4 is 10.1 Å². The Kier molecular flexibility index (Phi) is 8.12. The predicted molar refractivity (Wildman–Crippen MR) is 120 cm³/mol. The van der Waals surface area contributed by atoms with Crippen molar-refractivity contribution in [1.29, 1.82) is 0 Å². The molecular formula is C24H32N4O2. The highest BCUT2D eigenvalue weighted by atomic mass is 16.5. The summed E-state index contributed by atoms with van der Waals surface area (Å²) in [5.41, 5.74) is 2.30. The second-order valence-corrected chi connectivity index (χ2v) is 7.49. The van der Waals surface area contributed by atoms with Crippen LogP contribution in [0.15, 0.2) is 59.6 Å². The molecule has 30 heavy (non-hydrogen) atoms. The number of benzene rings is 2. The minimum Gasteiger partial charge on any atom is -0.492 e. The first-order valence-electron chi connectivity index (χ1n) is 10.7. The van der Waals surface area contributed by atoms with Crippen molar-refractivity contribution in [3.05, 3.63) is 65.7 Å². The second-order valence-electron chi connectivity index (χ2n) is 7.49. The zero-order valence-electron chi connectivity index (χ0n) is 18.0. The summed E-state index contributed by atoms with van der Waals surface area (Å²) in [5, 5.41) is 3.35. The Morgan fingerprint density at radius 3 is 2.70 bits per heavy atom. The topological polar surface area (TPSA) is 57.2 Å². The predicted octanol–water partition coefficient (Wildman–Crippen LogP) is 3.29. The van der Waals surface area contributed by atoms with Gasteiger partial charge in [-0.25, -0.2) is 4.99 Å². The molecule has 160 valence electrons. The Balaban J connectivity index is 1.55. The van der Waals surface area contributed by atoms with Crippen LogP contribution in [0.3, 0.4) is 0 Å². The minimum atomic E-state index is 0.257. The molecule has 1 amide bonds. The molecule has 1 aliphatic heterocycles. The van der Waals surface area contributed by atoms with E-state index in [9.17, 15) is 4.79 Å². The first-order chi connectivity index (χ1) is 14.7. The molecule has 0 bridgehead atoms. The molecule has 0 aromatic heterocycles. The van der Waals surface area contributed by atoms with Gasteiger partial charge in [0, 0.05) is 33.1 Å². The van der Waals surface area contributed by atoms with Gasteiger partial charge in [0.2, 0.25) is 5.91 Å². The first kappa shape index (κ1) is 21.7. The Hall–Kier alpha value is -3.02. The molecule has 3 rings (SSSR count). The van der Waals surface area contributed by atoms with E-state index in [-0.39, 0.29) is 5.91 Å². The maximum atomic E-state index is 11.9. The van der Waals surface area contributed by atoms with Gasteiger partial charge in [-0.1, -0.05) is 42.5 Å². The molecule has 0 radical (unpaired) electrons. The Labute approximate surface area is 179 Å². The Morgan fingerprint density at radius 2 is 1.97 bits per heavy atom. The summed E-state index contributed by atoms with van der Waals surface area (Å²) in [5.74, 6) is 1.99. The van der Waals surface area contributed by atoms with Crippen molar-refractivity contribution in [2.24, 2.45) is 4.99 Å². The lowest BCUT2D eigenvalue weighted by Crippen LogP contribution is -2.40. The van der Waals surface area contributed by atoms with Gasteiger partial charge in [0.1, 0.15) is 12.4 Å². The SMILES string of the molecule is CCNC(=NCc1cccc(CN2CCCC2=O)c1)N(C)CCOc1ccccc1. The van der Waals surface area contributed by atoms with Crippen LogP contribution >= 0.6 is 0 Å². The van der Waals surface area contributed by atoms with Crippen LogP contribution in [0.4, 0.5) is 0 Å². The third-order valence-electron chi connectivity index (χ3n) is 5.08. The van der Waals surface area contributed by atoms with Crippen molar-refractivity contribution < 1.29 is 9.53 Å². The van der Waals surface area contributed by atoms with E-state index < -0.39 is 0 Å². The van der Waals surface area contributed by atoms with Crippen molar-refractivity contribution in [1.82, 2.24) is 15.1 Å². The van der Waals surface area contributed by atoms with E-state index in [1.54, 1.807) is 0 Å². The fourth-order valence-corrected chi connectivity index (χ4v) is 3.48. The number of carbonyl (C=O) groups excluding carboxylic acids is 1. The number of para-hydroxylation sites is 1. The van der Waals surface area contributed by atoms with E-state index in [1.165, 1.54) is 0 Å². The zero-order chi connectivity index (χ0) is 21.2. The lowest BCUT2D eigenvalue weighted by atomic mass is 10.1. The summed E-state index contributed by atoms with van der Waals surface area (Å²) in [6.45, 7) is 6.34. The largest absolute Gasteiger partial charge is 0.492 e. The molecule has 2 aromatic carbocycles. The lowest BCUT2D eigenvalue weighted by Gasteiger charge is -2.22. The van der Waals surface area contributed by atoms with Crippen LogP contribution in [0.2, 0.25) is 0 Å². The molecule has 0 spiro atoms. The molecule has 0 atom stereocenters. The summed E-state index contributed by atoms with van der Waals surface area (Å²) >= 11 is 0. The number of rotatable bonds is 9. The number of hydrogen-bond acceptors (Lipinski definition) is 3. The van der Waals surface area contributed by atoms with Crippen molar-refractivity contribution in [3.8, 4) is 5.75 Å². The molecule has 1 aliphatic rings. The summed E-state index contributed by atoms with van der Waals surface area (Å²) in [6, 6.07) is 18.2. The summed E-state index contributed by atoms with van der Waals surface area (Å²) in [7, 11) is 2.02. The average Bonchev–Trinajstić information content (AvgIpc) is 3.16. The number of carbonyl (C=O) groups is 1. The number of aliphatic imine (C=N–C) groups is 1. The van der Waals surface area contributed by atoms with Gasteiger partial charge < -0.3 is 19.9 Å². The number of amides is 1. The third-order valence-corrected chi connectivity index (χ3v) is 5.08. The summed E-state index contributed by atoms with van der Waals surface area (Å²) in [4.78, 5) is 20.7. The highest BCUT2D eigenvalue weighted by molar-refractivity contribution is 5.79. The standard InChI is InChI=1S/C24H32N4O2/c1-3-25-24(27(2)15-16-30-22-11-5-4-6-12-22)26-18-20-9-7-10-21(17-20)19-28-14-8-13-23(28)29/h4-7,9-12,17H,3,8,13-16,18-19H2,1-2H3,(H,25,26). The summed E-state index contributed by atoms with van der Waals surface area (Å²) < 4.78 is 5.80. The zero-order valence-corrected chi connectivity index (χ0v) is 18.0. The van der Waals surface area contributed by atoms with Crippen LogP contribution in [0.5, 0.6) is 5.75 Å². The van der Waals surface area contributed by atoms with Crippen LogP contribution in [-0.2, 0) is 17.9 Å². The van der Waals surface area contributed by atoms with E-state index in [4.69, 9.17) is 9.73 Å². The molecule has 0 unspecified atom stereocenters. The molecule has 1 heterocycles. The fraction of sp³-hybridized carbons (Fsp3) is 0.417. The van der Waals surface area contributed by atoms with Crippen LogP contribution in [0, 0.1) is 0 Å². The normalized spacial score (nSPS) is 14.1. The lowest BCUT2D eigenvalue weighted by molar-refractivity contribution is -0.128. The van der Waals surface area contributed by atoms with Gasteiger partial charge in [0.15, 0.2) is 5.96 Å². The quantitative estimate of drug-likeness (QED) is 0.511. The molecule has 1 fully saturated rings. The molecule has 1 N–H and O–H groups in total. The number of nitrogens with one attached hydrogen (secondary N) is 1. The smallest absolute Gasteiger partial charge is 0.222 e. The molecule has 2 aromatic rings. The van der Waals surface area contributed by atoms with Gasteiger partial charge in [0.25, 0.3) is 0 Å². The molecule has 1 saturated heterocycles. The highest BCUT2D eigenvalue weighted by Gasteiger charge is 2.19. The van der Waals surface area contributed by atoms with E-state index >= 15 is 0 Å². The van der Waals surface area contributed by atoms with Gasteiger partial charge in [-0.15, -0.1) is 0 Å². The number of ether oxygens (including phenoxy) is 1. The minimum absolute atomic E-state index is 0.257. The van der Waals surface area contributed by atoms with Gasteiger partial charge in [-0.2, -0.15) is 0 Å². The van der Waals surface area contributed by atoms with E-state index in [1.807, 2.05) is 48.3 Å². The third kappa shape index (κ3) is 6.51. The molecule has 0 saturated carbocycles. The second kappa shape index (κ2) is 11.2. The number of likely N-dealkylation sites (tertiary alicyclic amines) is 1. The number of nitrogens with zero attached hydrogens (tertiary/aromatic N) is 3. The van der Waals surface area contributed by atoms with Crippen LogP contribution in [0.25, 0.3) is 0 Å². The summed E-state index contributed by atoms with van der Waals surface area (Å²) in [6.07, 6.45) is 1.64. The number of hydrogen-bond donors (Lipinski definition) is 1. The number of guanidine groups is 1. The molecule has 6 heteroatoms. The maximum absolute atomic E-state index is 11.9. The van der Waals surface area contributed by atoms with Crippen molar-refractivity contribution >= 4 is 11.9 Å². The Morgan fingerprint density at radius 1 is 1.17 bits per heavy atom. The Bertz CT molecular complexity index is 838. The van der Waals surface area contributed by atoms with Crippen molar-refractivity contribution in [2.45, 2.75) is 32.9 Å². The van der Waals surface area contributed by atoms with Crippen molar-refractivity contribution in [2.75, 3.05) is 33.3 Å². The number of likely N-dealkylation sites (N-methyl/N-ethyl adjacent to an activating group) is 1. The molecule has 6 nitrogen and oxygen atoms in total.